The molecule has 1 unspecified atom stereocenters. The molecule has 0 aromatic heterocycles. The number of benzene rings is 3. The molecule has 0 aliphatic carbocycles. The molecule has 1 fully saturated rings. The van der Waals surface area contributed by atoms with Gasteiger partial charge in [-0.15, -0.1) is 12.4 Å². The van der Waals surface area contributed by atoms with E-state index < -0.39 is 0 Å². The van der Waals surface area contributed by atoms with Gasteiger partial charge in [-0.2, -0.15) is 0 Å². The number of hydrogen-bond donors (Lipinski definition) is 1. The van der Waals surface area contributed by atoms with E-state index in [4.69, 9.17) is 11.6 Å². The summed E-state index contributed by atoms with van der Waals surface area (Å²) < 4.78 is 2.49. The zero-order chi connectivity index (χ0) is 24.5. The van der Waals surface area contributed by atoms with E-state index in [-0.39, 0.29) is 29.0 Å². The smallest absolute Gasteiger partial charge is 0.228 e. The molecule has 3 heterocycles. The van der Waals surface area contributed by atoms with Gasteiger partial charge in [-0.3, -0.25) is 14.0 Å². The van der Waals surface area contributed by atoms with Crippen LogP contribution in [0.1, 0.15) is 11.1 Å². The van der Waals surface area contributed by atoms with Crippen LogP contribution in [0, 0.1) is 0 Å². The lowest BCUT2D eigenvalue weighted by Gasteiger charge is -2.40. The van der Waals surface area contributed by atoms with Crippen LogP contribution in [0.2, 0.25) is 5.02 Å². The first kappa shape index (κ1) is 25.9. The van der Waals surface area contributed by atoms with Gasteiger partial charge >= 0.3 is 0 Å². The van der Waals surface area contributed by atoms with E-state index in [2.05, 4.69) is 97.6 Å². The van der Waals surface area contributed by atoms with Crippen LogP contribution in [0.5, 0.6) is 0 Å². The molecule has 0 bridgehead atoms. The highest BCUT2D eigenvalue weighted by molar-refractivity contribution is 8.16. The number of nitrogens with one attached hydrogen (secondary N) is 1. The van der Waals surface area contributed by atoms with Crippen molar-refractivity contribution in [2.45, 2.75) is 17.7 Å². The van der Waals surface area contributed by atoms with Crippen molar-refractivity contribution >= 4 is 57.3 Å². The van der Waals surface area contributed by atoms with Gasteiger partial charge in [0.15, 0.2) is 0 Å². The lowest BCUT2D eigenvalue weighted by molar-refractivity contribution is -0.115. The highest BCUT2D eigenvalue weighted by Crippen LogP contribution is 2.42. The number of allylic oxidation sites excluding steroid dienone is 1. The van der Waals surface area contributed by atoms with Crippen LogP contribution in [0.3, 0.4) is 0 Å². The molecule has 0 radical (unpaired) electrons. The summed E-state index contributed by atoms with van der Waals surface area (Å²) in [7, 11) is -0.137. The van der Waals surface area contributed by atoms with Crippen LogP contribution < -0.4 is 9.62 Å². The molecule has 192 valence electrons. The minimum Gasteiger partial charge on any atom is -0.355 e. The Labute approximate surface area is 232 Å². The molecular weight excluding hydrogens is 523 g/mol. The van der Waals surface area contributed by atoms with Crippen LogP contribution in [-0.4, -0.2) is 53.8 Å². The third kappa shape index (κ3) is 5.43. The van der Waals surface area contributed by atoms with Crippen LogP contribution in [-0.2, 0) is 17.6 Å². The van der Waals surface area contributed by atoms with Crippen molar-refractivity contribution in [3.8, 4) is 0 Å². The third-order valence-electron chi connectivity index (χ3n) is 7.02. The predicted molar refractivity (Wildman–Crippen MR) is 158 cm³/mol. The van der Waals surface area contributed by atoms with Gasteiger partial charge in [0, 0.05) is 48.3 Å². The maximum Gasteiger partial charge on any atom is 0.228 e. The second-order valence-corrected chi connectivity index (χ2v) is 11.5. The van der Waals surface area contributed by atoms with E-state index in [1.165, 1.54) is 16.4 Å². The molecule has 3 aromatic rings. The van der Waals surface area contributed by atoms with Gasteiger partial charge in [-0.1, -0.05) is 64.7 Å². The largest absolute Gasteiger partial charge is 0.355 e. The van der Waals surface area contributed by atoms with Gasteiger partial charge in [0.1, 0.15) is 5.82 Å². The summed E-state index contributed by atoms with van der Waals surface area (Å²) in [6, 6.07) is 25.5. The summed E-state index contributed by atoms with van der Waals surface area (Å²) in [4.78, 5) is 18.1. The summed E-state index contributed by atoms with van der Waals surface area (Å²) in [5.74, 6) is 1.33. The molecule has 1 N–H and O–H groups in total. The number of hydrogen-bond acceptors (Lipinski definition) is 4. The maximum absolute atomic E-state index is 11.7. The quantitative estimate of drug-likeness (QED) is 0.391. The van der Waals surface area contributed by atoms with Crippen LogP contribution >= 0.6 is 34.7 Å². The minimum atomic E-state index is -0.137. The second-order valence-electron chi connectivity index (χ2n) is 9.32. The third-order valence-corrected chi connectivity index (χ3v) is 9.31. The number of para-hydroxylation sites is 1. The molecule has 3 aliphatic rings. The molecular formula is C29H30Cl2N4OS. The van der Waals surface area contributed by atoms with Crippen molar-refractivity contribution in [1.82, 2.24) is 9.80 Å². The van der Waals surface area contributed by atoms with Crippen molar-refractivity contribution < 1.29 is 4.79 Å². The molecule has 3 aliphatic heterocycles. The Kier molecular flexibility index (Phi) is 7.91. The summed E-state index contributed by atoms with van der Waals surface area (Å²) in [5, 5.41) is 5.97. The number of carbonyl (C=O) groups is 1. The molecule has 0 saturated carbocycles. The number of amides is 1. The fraction of sp³-hybridized carbons (Fsp3) is 0.241. The fourth-order valence-corrected chi connectivity index (χ4v) is 7.27. The Balaban J connectivity index is 0.00000280. The molecule has 8 heteroatoms. The van der Waals surface area contributed by atoms with E-state index in [9.17, 15) is 4.79 Å². The van der Waals surface area contributed by atoms with Crippen molar-refractivity contribution in [3.63, 3.8) is 0 Å². The molecule has 5 nitrogen and oxygen atoms in total. The van der Waals surface area contributed by atoms with Gasteiger partial charge < -0.3 is 10.2 Å². The predicted octanol–water partition coefficient (Wildman–Crippen LogP) is 5.82. The average Bonchev–Trinajstić information content (AvgIpc) is 3.51. The molecule has 0 spiro atoms. The minimum absolute atomic E-state index is 0. The highest BCUT2D eigenvalue weighted by Gasteiger charge is 2.28. The van der Waals surface area contributed by atoms with Gasteiger partial charge in [-0.25, -0.2) is 0 Å². The van der Waals surface area contributed by atoms with E-state index in [0.717, 1.165) is 61.0 Å². The zero-order valence-corrected chi connectivity index (χ0v) is 22.9. The molecule has 1 atom stereocenters. The first-order valence-electron chi connectivity index (χ1n) is 12.4. The van der Waals surface area contributed by atoms with E-state index >= 15 is 0 Å². The summed E-state index contributed by atoms with van der Waals surface area (Å²) in [5.41, 5.74) is 4.28. The normalized spacial score (nSPS) is 19.1. The fourth-order valence-electron chi connectivity index (χ4n) is 5.11. The Morgan fingerprint density at radius 2 is 1.62 bits per heavy atom. The average molecular weight is 554 g/mol. The molecule has 1 saturated heterocycles. The van der Waals surface area contributed by atoms with Crippen molar-refractivity contribution in [2.75, 3.05) is 42.3 Å². The van der Waals surface area contributed by atoms with Gasteiger partial charge in [0.2, 0.25) is 5.91 Å². The highest BCUT2D eigenvalue weighted by atomic mass is 35.5. The lowest BCUT2D eigenvalue weighted by atomic mass is 10.1. The van der Waals surface area contributed by atoms with Crippen molar-refractivity contribution in [2.24, 2.45) is 0 Å². The van der Waals surface area contributed by atoms with Crippen LogP contribution in [0.4, 0.5) is 11.4 Å². The molecule has 3 aromatic carbocycles. The molecule has 6 rings (SSSR count). The Hall–Kier alpha value is -2.77. The van der Waals surface area contributed by atoms with E-state index in [1.807, 2.05) is 6.07 Å². The van der Waals surface area contributed by atoms with Crippen molar-refractivity contribution in [1.29, 1.82) is 0 Å². The first-order valence-corrected chi connectivity index (χ1v) is 14.0. The van der Waals surface area contributed by atoms with Crippen molar-refractivity contribution in [3.05, 3.63) is 101 Å². The summed E-state index contributed by atoms with van der Waals surface area (Å²) in [6.45, 7) is 4.98. The van der Waals surface area contributed by atoms with E-state index in [0.29, 0.717) is 6.42 Å². The van der Waals surface area contributed by atoms with Gasteiger partial charge in [-0.05, 0) is 59.3 Å². The van der Waals surface area contributed by atoms with Crippen LogP contribution in [0.25, 0.3) is 0 Å². The Morgan fingerprint density at radius 1 is 0.919 bits per heavy atom. The summed E-state index contributed by atoms with van der Waals surface area (Å²) in [6.07, 6.45) is 3.65. The van der Waals surface area contributed by atoms with Gasteiger partial charge in [0.05, 0.1) is 12.1 Å². The number of piperazine rings is 1. The SMILES string of the molecule is Cl.O=C1Cc2cc(CCN3CCN(C4=CC=S(c5ccccc5)N4c4ccccc4)CC3)c(Cl)cc2N1. The maximum atomic E-state index is 11.7. The van der Waals surface area contributed by atoms with E-state index in [1.54, 1.807) is 0 Å². The number of carbonyl (C=O) groups excluding carboxylic acids is 1. The first-order chi connectivity index (χ1) is 17.7. The monoisotopic (exact) mass is 552 g/mol. The second kappa shape index (κ2) is 11.3. The van der Waals surface area contributed by atoms with Gasteiger partial charge in [0.25, 0.3) is 0 Å². The summed E-state index contributed by atoms with van der Waals surface area (Å²) >= 11 is 6.53. The number of nitrogens with zero attached hydrogens (tertiary/aromatic N) is 3. The number of fused-ring (bicyclic) bond motifs is 1. The zero-order valence-electron chi connectivity index (χ0n) is 20.5. The molecule has 37 heavy (non-hydrogen) atoms. The number of halogens is 2. The topological polar surface area (TPSA) is 38.8 Å². The molecule has 1 amide bonds. The Morgan fingerprint density at radius 3 is 2.35 bits per heavy atom. The number of anilines is 2. The Bertz CT molecular complexity index is 1340. The standard InChI is InChI=1S/C29H29ClN4OS.ClH/c30-26-21-27-23(20-28(35)31-27)19-22(26)11-13-32-14-16-33(17-15-32)29-12-18-36(25-9-5-2-6-10-25)34(29)24-7-3-1-4-8-24;/h1-10,12,18-19,21H,11,13-17,20H2,(H,31,35);1H. The number of rotatable bonds is 6. The van der Waals surface area contributed by atoms with Crippen LogP contribution in [0.15, 0.2) is 89.6 Å². The lowest BCUT2D eigenvalue weighted by Crippen LogP contribution is -2.48.